The normalized spacial score (nSPS) is 11.5. The van der Waals surface area contributed by atoms with Crippen LogP contribution in [-0.2, 0) is 5.54 Å². The fourth-order valence-corrected chi connectivity index (χ4v) is 5.11. The van der Waals surface area contributed by atoms with Crippen LogP contribution in [0.5, 0.6) is 0 Å². The first-order valence-electron chi connectivity index (χ1n) is 12.0. The van der Waals surface area contributed by atoms with Gasteiger partial charge < -0.3 is 0 Å². The molecule has 0 saturated carbocycles. The zero-order valence-electron chi connectivity index (χ0n) is 20.1. The van der Waals surface area contributed by atoms with Crippen molar-refractivity contribution in [2.75, 3.05) is 0 Å². The quantitative estimate of drug-likeness (QED) is 0.107. The van der Waals surface area contributed by atoms with Crippen LogP contribution in [0.4, 0.5) is 10.1 Å². The molecular formula is C31H21FN4O2. The van der Waals surface area contributed by atoms with Crippen molar-refractivity contribution in [2.24, 2.45) is 0 Å². The molecule has 0 spiro atoms. The molecule has 6 rings (SSSR count). The lowest BCUT2D eigenvalue weighted by Gasteiger charge is -2.37. The minimum atomic E-state index is -0.927. The monoisotopic (exact) mass is 500 g/mol. The number of hydrogen-bond acceptors (Lipinski definition) is 4. The van der Waals surface area contributed by atoms with Gasteiger partial charge in [0.25, 0.3) is 5.69 Å². The van der Waals surface area contributed by atoms with Crippen molar-refractivity contribution in [3.63, 3.8) is 0 Å². The maximum absolute atomic E-state index is 13.7. The average molecular weight is 501 g/mol. The number of nitrogens with zero attached hydrogens (tertiary/aromatic N) is 4. The van der Waals surface area contributed by atoms with E-state index in [-0.39, 0.29) is 5.69 Å². The van der Waals surface area contributed by atoms with Gasteiger partial charge in [-0.2, -0.15) is 9.49 Å². The molecule has 0 atom stereocenters. The van der Waals surface area contributed by atoms with Crippen LogP contribution >= 0.6 is 0 Å². The number of non-ortho nitro benzene ring substituents is 1. The molecule has 0 bridgehead atoms. The van der Waals surface area contributed by atoms with Crippen molar-refractivity contribution in [1.29, 1.82) is 0 Å². The van der Waals surface area contributed by atoms with Crippen molar-refractivity contribution < 1.29 is 9.31 Å². The Hall–Kier alpha value is -5.17. The van der Waals surface area contributed by atoms with Gasteiger partial charge in [0.15, 0.2) is 0 Å². The van der Waals surface area contributed by atoms with Gasteiger partial charge in [-0.25, -0.2) is 9.67 Å². The molecule has 0 aliphatic carbocycles. The Labute approximate surface area is 217 Å². The zero-order valence-corrected chi connectivity index (χ0v) is 20.1. The highest BCUT2D eigenvalue weighted by Gasteiger charge is 2.41. The van der Waals surface area contributed by atoms with Gasteiger partial charge in [0, 0.05) is 29.3 Å². The molecule has 0 aliphatic rings. The number of halogens is 1. The largest absolute Gasteiger partial charge is 0.270 e. The van der Waals surface area contributed by atoms with Crippen molar-refractivity contribution in [3.05, 3.63) is 160 Å². The topological polar surface area (TPSA) is 73.8 Å². The van der Waals surface area contributed by atoms with Crippen LogP contribution in [0.3, 0.4) is 0 Å². The molecule has 0 N–H and O–H groups in total. The van der Waals surface area contributed by atoms with E-state index in [0.717, 1.165) is 16.7 Å². The minimum absolute atomic E-state index is 0.0573. The number of fused-ring (bicyclic) bond motifs is 1. The number of benzene rings is 4. The summed E-state index contributed by atoms with van der Waals surface area (Å²) in [6.45, 7) is 0. The summed E-state index contributed by atoms with van der Waals surface area (Å²) in [6.07, 6.45) is 1.40. The maximum atomic E-state index is 13.7. The van der Waals surface area contributed by atoms with Crippen molar-refractivity contribution >= 4 is 16.6 Å². The number of rotatable bonds is 6. The summed E-state index contributed by atoms with van der Waals surface area (Å²) >= 11 is 0. The molecule has 6 nitrogen and oxygen atoms in total. The lowest BCUT2D eigenvalue weighted by atomic mass is 9.77. The molecule has 0 saturated heterocycles. The van der Waals surface area contributed by atoms with Crippen LogP contribution in [0.15, 0.2) is 128 Å². The molecular weight excluding hydrogens is 479 g/mol. The molecule has 38 heavy (non-hydrogen) atoms. The number of nitro groups is 1. The van der Waals surface area contributed by atoms with E-state index < -0.39 is 16.4 Å². The van der Waals surface area contributed by atoms with Crippen molar-refractivity contribution in [3.8, 4) is 11.3 Å². The van der Waals surface area contributed by atoms with Crippen LogP contribution in [0, 0.1) is 16.1 Å². The van der Waals surface area contributed by atoms with Crippen LogP contribution in [-0.4, -0.2) is 19.7 Å². The predicted molar refractivity (Wildman–Crippen MR) is 144 cm³/mol. The molecule has 0 aliphatic heterocycles. The van der Waals surface area contributed by atoms with Gasteiger partial charge in [-0.1, -0.05) is 91.0 Å². The molecule has 6 aromatic rings. The van der Waals surface area contributed by atoms with Crippen LogP contribution < -0.4 is 0 Å². The third-order valence-corrected chi connectivity index (χ3v) is 6.77. The lowest BCUT2D eigenvalue weighted by Crippen LogP contribution is -2.38. The van der Waals surface area contributed by atoms with E-state index in [4.69, 9.17) is 5.10 Å². The Morgan fingerprint density at radius 3 is 1.76 bits per heavy atom. The molecule has 0 unspecified atom stereocenters. The van der Waals surface area contributed by atoms with Gasteiger partial charge >= 0.3 is 0 Å². The number of aromatic nitrogens is 3. The second-order valence-corrected chi connectivity index (χ2v) is 8.90. The third-order valence-electron chi connectivity index (χ3n) is 6.77. The molecule has 0 amide bonds. The summed E-state index contributed by atoms with van der Waals surface area (Å²) in [5, 5.41) is 17.4. The van der Waals surface area contributed by atoms with Gasteiger partial charge in [0.1, 0.15) is 11.2 Å². The van der Waals surface area contributed by atoms with E-state index in [1.165, 1.54) is 24.4 Å². The highest BCUT2D eigenvalue weighted by atomic mass is 19.1. The number of pyridine rings is 1. The first-order chi connectivity index (χ1) is 18.6. The summed E-state index contributed by atoms with van der Waals surface area (Å²) in [6, 6.07) is 37.7. The van der Waals surface area contributed by atoms with Crippen LogP contribution in [0.1, 0.15) is 16.7 Å². The standard InChI is InChI=1S/C31H21FN4O2/c32-29-19-16-22(21-33-29)30-27-20-26(36(37)38)17-18-28(27)35(34-30)31(23-10-4-1-5-11-23,24-12-6-2-7-13-24)25-14-8-3-9-15-25/h1-21H. The fraction of sp³-hybridized carbons (Fsp3) is 0.0323. The number of nitro benzene ring substituents is 1. The molecule has 2 heterocycles. The predicted octanol–water partition coefficient (Wildman–Crippen LogP) is 6.99. The molecule has 0 fully saturated rings. The molecule has 0 radical (unpaired) electrons. The van der Waals surface area contributed by atoms with Gasteiger partial charge in [-0.3, -0.25) is 10.1 Å². The van der Waals surface area contributed by atoms with Crippen LogP contribution in [0.25, 0.3) is 22.2 Å². The Morgan fingerprint density at radius 2 is 1.29 bits per heavy atom. The van der Waals surface area contributed by atoms with E-state index in [9.17, 15) is 14.5 Å². The SMILES string of the molecule is O=[N+]([O-])c1ccc2c(c1)c(-c1ccc(F)nc1)nn2C(c1ccccc1)(c1ccccc1)c1ccccc1. The first-order valence-corrected chi connectivity index (χ1v) is 12.0. The van der Waals surface area contributed by atoms with Crippen molar-refractivity contribution in [1.82, 2.24) is 14.8 Å². The fourth-order valence-electron chi connectivity index (χ4n) is 5.11. The summed E-state index contributed by atoms with van der Waals surface area (Å²) in [5.41, 5.74) is 3.62. The van der Waals surface area contributed by atoms with Gasteiger partial charge in [0.2, 0.25) is 5.95 Å². The van der Waals surface area contributed by atoms with Gasteiger partial charge in [-0.15, -0.1) is 0 Å². The van der Waals surface area contributed by atoms with Gasteiger partial charge in [-0.05, 0) is 34.9 Å². The number of hydrogen-bond donors (Lipinski definition) is 0. The van der Waals surface area contributed by atoms with Crippen molar-refractivity contribution in [2.45, 2.75) is 5.54 Å². The Bertz CT molecular complexity index is 1640. The molecule has 2 aromatic heterocycles. The third kappa shape index (κ3) is 3.72. The van der Waals surface area contributed by atoms with Gasteiger partial charge in [0.05, 0.1) is 10.4 Å². The maximum Gasteiger partial charge on any atom is 0.270 e. The Balaban J connectivity index is 1.79. The van der Waals surface area contributed by atoms with E-state index in [2.05, 4.69) is 41.4 Å². The Morgan fingerprint density at radius 1 is 0.737 bits per heavy atom. The molecule has 4 aromatic carbocycles. The first kappa shape index (κ1) is 23.2. The summed E-state index contributed by atoms with van der Waals surface area (Å²) in [7, 11) is 0. The zero-order chi connectivity index (χ0) is 26.1. The smallest absolute Gasteiger partial charge is 0.258 e. The lowest BCUT2D eigenvalue weighted by molar-refractivity contribution is -0.384. The highest BCUT2D eigenvalue weighted by molar-refractivity contribution is 5.95. The summed E-state index contributed by atoms with van der Waals surface area (Å²) in [4.78, 5) is 15.1. The molecule has 7 heteroatoms. The molecule has 184 valence electrons. The van der Waals surface area contributed by atoms with Crippen LogP contribution in [0.2, 0.25) is 0 Å². The summed E-state index contributed by atoms with van der Waals surface area (Å²) < 4.78 is 15.6. The van der Waals surface area contributed by atoms with E-state index in [1.807, 2.05) is 59.3 Å². The minimum Gasteiger partial charge on any atom is -0.258 e. The summed E-state index contributed by atoms with van der Waals surface area (Å²) in [5.74, 6) is -0.615. The second kappa shape index (κ2) is 9.37. The van der Waals surface area contributed by atoms with E-state index >= 15 is 0 Å². The highest BCUT2D eigenvalue weighted by Crippen LogP contribution is 2.44. The van der Waals surface area contributed by atoms with E-state index in [0.29, 0.717) is 22.2 Å². The average Bonchev–Trinajstić information content (AvgIpc) is 3.35. The second-order valence-electron chi connectivity index (χ2n) is 8.90. The Kier molecular flexibility index (Phi) is 5.73. The van der Waals surface area contributed by atoms with E-state index in [1.54, 1.807) is 12.1 Å².